The first-order valence-electron chi connectivity index (χ1n) is 7.11. The van der Waals surface area contributed by atoms with Crippen molar-refractivity contribution in [2.75, 3.05) is 6.61 Å². The molecule has 2 rings (SSSR count). The SMILES string of the molecule is CCOC(=O)C1=CCC(NC(=O)C(O)c2cccc(Br)c2)C1. The third-order valence-corrected chi connectivity index (χ3v) is 3.91. The second-order valence-corrected chi connectivity index (χ2v) is 5.97. The number of carbonyl (C=O) groups is 2. The molecule has 0 aliphatic heterocycles. The van der Waals surface area contributed by atoms with Crippen molar-refractivity contribution < 1.29 is 19.4 Å². The van der Waals surface area contributed by atoms with Gasteiger partial charge in [-0.2, -0.15) is 0 Å². The molecule has 0 spiro atoms. The first kappa shape index (κ1) is 16.7. The molecule has 118 valence electrons. The fourth-order valence-corrected chi connectivity index (χ4v) is 2.74. The number of aliphatic hydroxyl groups is 1. The Morgan fingerprint density at radius 2 is 2.27 bits per heavy atom. The van der Waals surface area contributed by atoms with E-state index in [1.54, 1.807) is 31.2 Å². The Balaban J connectivity index is 1.90. The lowest BCUT2D eigenvalue weighted by atomic mass is 10.1. The molecule has 0 aromatic heterocycles. The van der Waals surface area contributed by atoms with Gasteiger partial charge in [0.1, 0.15) is 0 Å². The molecule has 2 unspecified atom stereocenters. The van der Waals surface area contributed by atoms with Crippen molar-refractivity contribution >= 4 is 27.8 Å². The van der Waals surface area contributed by atoms with Crippen LogP contribution < -0.4 is 5.32 Å². The van der Waals surface area contributed by atoms with Crippen molar-refractivity contribution in [2.45, 2.75) is 31.9 Å². The number of nitrogens with one attached hydrogen (secondary N) is 1. The van der Waals surface area contributed by atoms with Crippen molar-refractivity contribution in [3.05, 3.63) is 46.0 Å². The number of ether oxygens (including phenoxy) is 1. The van der Waals surface area contributed by atoms with E-state index in [4.69, 9.17) is 4.74 Å². The normalized spacial score (nSPS) is 18.5. The first-order valence-corrected chi connectivity index (χ1v) is 7.90. The highest BCUT2D eigenvalue weighted by Crippen LogP contribution is 2.22. The van der Waals surface area contributed by atoms with E-state index in [1.165, 1.54) is 0 Å². The number of hydrogen-bond acceptors (Lipinski definition) is 4. The van der Waals surface area contributed by atoms with Gasteiger partial charge in [-0.1, -0.05) is 34.1 Å². The summed E-state index contributed by atoms with van der Waals surface area (Å²) in [6, 6.07) is 6.77. The molecule has 0 bridgehead atoms. The van der Waals surface area contributed by atoms with Gasteiger partial charge in [0.05, 0.1) is 6.61 Å². The molecule has 0 saturated heterocycles. The topological polar surface area (TPSA) is 75.6 Å². The molecule has 5 nitrogen and oxygen atoms in total. The van der Waals surface area contributed by atoms with E-state index in [1.807, 2.05) is 6.07 Å². The molecule has 2 N–H and O–H groups in total. The molecule has 1 aromatic rings. The molecule has 0 radical (unpaired) electrons. The van der Waals surface area contributed by atoms with Crippen molar-refractivity contribution in [3.63, 3.8) is 0 Å². The Labute approximate surface area is 137 Å². The molecule has 0 saturated carbocycles. The Morgan fingerprint density at radius 1 is 1.50 bits per heavy atom. The summed E-state index contributed by atoms with van der Waals surface area (Å²) in [5, 5.41) is 12.9. The Morgan fingerprint density at radius 3 is 2.95 bits per heavy atom. The van der Waals surface area contributed by atoms with E-state index in [9.17, 15) is 14.7 Å². The molecule has 1 aromatic carbocycles. The Kier molecular flexibility index (Phi) is 5.74. The van der Waals surface area contributed by atoms with Gasteiger partial charge in [0.2, 0.25) is 0 Å². The number of halogens is 1. The summed E-state index contributed by atoms with van der Waals surface area (Å²) < 4.78 is 5.73. The average Bonchev–Trinajstić information content (AvgIpc) is 2.95. The summed E-state index contributed by atoms with van der Waals surface area (Å²) in [4.78, 5) is 23.7. The summed E-state index contributed by atoms with van der Waals surface area (Å²) in [6.45, 7) is 2.08. The zero-order valence-corrected chi connectivity index (χ0v) is 13.8. The van der Waals surface area contributed by atoms with Crippen LogP contribution in [-0.2, 0) is 14.3 Å². The second kappa shape index (κ2) is 7.56. The molecule has 0 fully saturated rings. The summed E-state index contributed by atoms with van der Waals surface area (Å²) in [7, 11) is 0. The number of hydrogen-bond donors (Lipinski definition) is 2. The van der Waals surface area contributed by atoms with Crippen LogP contribution in [0.25, 0.3) is 0 Å². The lowest BCUT2D eigenvalue weighted by Crippen LogP contribution is -2.37. The fraction of sp³-hybridized carbons (Fsp3) is 0.375. The number of rotatable bonds is 5. The molecular formula is C16H18BrNO4. The summed E-state index contributed by atoms with van der Waals surface area (Å²) >= 11 is 3.30. The van der Waals surface area contributed by atoms with Crippen LogP contribution in [0, 0.1) is 0 Å². The number of benzene rings is 1. The average molecular weight is 368 g/mol. The summed E-state index contributed by atoms with van der Waals surface area (Å²) in [5.41, 5.74) is 1.09. The van der Waals surface area contributed by atoms with E-state index in [0.717, 1.165) is 4.47 Å². The van der Waals surface area contributed by atoms with E-state index < -0.39 is 12.0 Å². The highest BCUT2D eigenvalue weighted by molar-refractivity contribution is 9.10. The van der Waals surface area contributed by atoms with E-state index >= 15 is 0 Å². The Bertz CT molecular complexity index is 600. The van der Waals surface area contributed by atoms with Crippen LogP contribution in [0.5, 0.6) is 0 Å². The van der Waals surface area contributed by atoms with E-state index in [2.05, 4.69) is 21.2 Å². The first-order chi connectivity index (χ1) is 10.5. The minimum atomic E-state index is -1.23. The van der Waals surface area contributed by atoms with Gasteiger partial charge in [-0.25, -0.2) is 4.79 Å². The van der Waals surface area contributed by atoms with Crippen LogP contribution in [0.1, 0.15) is 31.4 Å². The number of aliphatic hydroxyl groups excluding tert-OH is 1. The van der Waals surface area contributed by atoms with Crippen LogP contribution in [-0.4, -0.2) is 29.6 Å². The quantitative estimate of drug-likeness (QED) is 0.782. The van der Waals surface area contributed by atoms with Gasteiger partial charge in [0.25, 0.3) is 5.91 Å². The van der Waals surface area contributed by atoms with Crippen molar-refractivity contribution in [1.82, 2.24) is 5.32 Å². The highest BCUT2D eigenvalue weighted by atomic mass is 79.9. The maximum Gasteiger partial charge on any atom is 0.333 e. The highest BCUT2D eigenvalue weighted by Gasteiger charge is 2.26. The predicted molar refractivity (Wildman–Crippen MR) is 85.0 cm³/mol. The van der Waals surface area contributed by atoms with Gasteiger partial charge in [-0.3, -0.25) is 4.79 Å². The number of carbonyl (C=O) groups excluding carboxylic acids is 2. The molecule has 22 heavy (non-hydrogen) atoms. The molecule has 0 heterocycles. The fourth-order valence-electron chi connectivity index (χ4n) is 2.33. The van der Waals surface area contributed by atoms with Gasteiger partial charge < -0.3 is 15.2 Å². The Hall–Kier alpha value is -1.66. The number of amides is 1. The second-order valence-electron chi connectivity index (χ2n) is 5.05. The zero-order valence-electron chi connectivity index (χ0n) is 12.2. The molecule has 2 atom stereocenters. The van der Waals surface area contributed by atoms with Crippen molar-refractivity contribution in [1.29, 1.82) is 0 Å². The van der Waals surface area contributed by atoms with Crippen LogP contribution in [0.3, 0.4) is 0 Å². The predicted octanol–water partition coefficient (Wildman–Crippen LogP) is 2.25. The molecule has 1 aliphatic rings. The number of esters is 1. The molecule has 1 amide bonds. The van der Waals surface area contributed by atoms with Crippen LogP contribution in [0.2, 0.25) is 0 Å². The lowest BCUT2D eigenvalue weighted by molar-refractivity contribution is -0.138. The van der Waals surface area contributed by atoms with E-state index in [0.29, 0.717) is 30.6 Å². The van der Waals surface area contributed by atoms with Gasteiger partial charge in [0, 0.05) is 16.1 Å². The van der Waals surface area contributed by atoms with E-state index in [-0.39, 0.29) is 12.0 Å². The van der Waals surface area contributed by atoms with Crippen LogP contribution in [0.4, 0.5) is 0 Å². The van der Waals surface area contributed by atoms with Crippen molar-refractivity contribution in [3.8, 4) is 0 Å². The minimum absolute atomic E-state index is 0.186. The molecule has 6 heteroatoms. The smallest absolute Gasteiger partial charge is 0.333 e. The maximum absolute atomic E-state index is 12.1. The van der Waals surface area contributed by atoms with Gasteiger partial charge >= 0.3 is 5.97 Å². The summed E-state index contributed by atoms with van der Waals surface area (Å²) in [5.74, 6) is -0.812. The van der Waals surface area contributed by atoms with Gasteiger partial charge in [-0.15, -0.1) is 0 Å². The monoisotopic (exact) mass is 367 g/mol. The zero-order chi connectivity index (χ0) is 16.1. The molecular weight excluding hydrogens is 350 g/mol. The largest absolute Gasteiger partial charge is 0.463 e. The summed E-state index contributed by atoms with van der Waals surface area (Å²) in [6.07, 6.45) is 1.53. The lowest BCUT2D eigenvalue weighted by Gasteiger charge is -2.17. The minimum Gasteiger partial charge on any atom is -0.463 e. The van der Waals surface area contributed by atoms with Gasteiger partial charge in [-0.05, 0) is 37.5 Å². The third-order valence-electron chi connectivity index (χ3n) is 3.41. The maximum atomic E-state index is 12.1. The van der Waals surface area contributed by atoms with Crippen LogP contribution >= 0.6 is 15.9 Å². The van der Waals surface area contributed by atoms with Crippen molar-refractivity contribution in [2.24, 2.45) is 0 Å². The standard InChI is InChI=1S/C16H18BrNO4/c1-2-22-16(21)11-6-7-13(9-11)18-15(20)14(19)10-4-3-5-12(17)8-10/h3-6,8,13-14,19H,2,7,9H2,1H3,(H,18,20). The molecule has 1 aliphatic carbocycles. The third kappa shape index (κ3) is 4.18. The van der Waals surface area contributed by atoms with Gasteiger partial charge in [0.15, 0.2) is 6.10 Å². The van der Waals surface area contributed by atoms with Crippen LogP contribution in [0.15, 0.2) is 40.4 Å².